The molecule has 2 amide bonds. The number of amides is 2. The van der Waals surface area contributed by atoms with E-state index in [9.17, 15) is 19.7 Å². The van der Waals surface area contributed by atoms with Crippen LogP contribution in [-0.4, -0.2) is 23.3 Å². The number of rotatable bonds is 5. The van der Waals surface area contributed by atoms with Crippen molar-refractivity contribution in [2.45, 2.75) is 20.8 Å². The molecule has 0 saturated heterocycles. The lowest BCUT2D eigenvalue weighted by molar-refractivity contribution is -0.380. The fourth-order valence-corrected chi connectivity index (χ4v) is 3.09. The van der Waals surface area contributed by atoms with Gasteiger partial charge in [0.25, 0.3) is 5.91 Å². The van der Waals surface area contributed by atoms with Crippen LogP contribution in [0.3, 0.4) is 0 Å². The van der Waals surface area contributed by atoms with Crippen molar-refractivity contribution in [3.05, 3.63) is 55.9 Å². The molecule has 1 heterocycles. The Kier molecular flexibility index (Phi) is 5.30. The van der Waals surface area contributed by atoms with Crippen LogP contribution in [0, 0.1) is 30.9 Å². The van der Waals surface area contributed by atoms with Crippen molar-refractivity contribution >= 4 is 33.8 Å². The number of nitrogens with one attached hydrogen (secondary N) is 2. The average Bonchev–Trinajstić information content (AvgIpc) is 2.98. The molecule has 0 saturated carbocycles. The first kappa shape index (κ1) is 17.6. The number of nitro groups is 1. The zero-order valence-corrected chi connectivity index (χ0v) is 14.3. The number of nitrogens with zero attached hydrogens (tertiary/aromatic N) is 1. The van der Waals surface area contributed by atoms with Gasteiger partial charge in [-0.15, -0.1) is 0 Å². The molecule has 2 N–H and O–H groups in total. The number of thiophene rings is 1. The summed E-state index contributed by atoms with van der Waals surface area (Å²) in [6.07, 6.45) is 0. The molecule has 0 fully saturated rings. The highest BCUT2D eigenvalue weighted by Crippen LogP contribution is 2.24. The van der Waals surface area contributed by atoms with Gasteiger partial charge in [-0.1, -0.05) is 29.0 Å². The summed E-state index contributed by atoms with van der Waals surface area (Å²) >= 11 is 0.768. The van der Waals surface area contributed by atoms with E-state index in [1.54, 1.807) is 0 Å². The van der Waals surface area contributed by atoms with Crippen molar-refractivity contribution in [3.63, 3.8) is 0 Å². The Bertz CT molecular complexity index is 790. The minimum atomic E-state index is -0.558. The van der Waals surface area contributed by atoms with Crippen molar-refractivity contribution in [1.29, 1.82) is 0 Å². The van der Waals surface area contributed by atoms with Gasteiger partial charge in [-0.25, -0.2) is 0 Å². The van der Waals surface area contributed by atoms with Crippen LogP contribution < -0.4 is 10.6 Å². The molecule has 126 valence electrons. The number of aryl methyl sites for hydroxylation is 3. The van der Waals surface area contributed by atoms with E-state index in [0.29, 0.717) is 0 Å². The minimum absolute atomic E-state index is 0.115. The smallest absolute Gasteiger partial charge is 0.324 e. The standard InChI is InChI=1S/C16H17N3O4S/c1-9-6-10(2)15(11(3)7-9)18-13(20)8-17-16(21)12-4-5-14(24-12)19(22)23/h4-7H,8H2,1-3H3,(H,17,21)(H,18,20). The van der Waals surface area contributed by atoms with Gasteiger partial charge in [0, 0.05) is 11.8 Å². The largest absolute Gasteiger partial charge is 0.342 e. The molecule has 1 aromatic carbocycles. The molecule has 0 unspecified atom stereocenters. The van der Waals surface area contributed by atoms with Gasteiger partial charge >= 0.3 is 5.00 Å². The van der Waals surface area contributed by atoms with E-state index >= 15 is 0 Å². The SMILES string of the molecule is Cc1cc(C)c(NC(=O)CNC(=O)c2ccc([N+](=O)[O-])s2)c(C)c1. The van der Waals surface area contributed by atoms with Crippen molar-refractivity contribution in [3.8, 4) is 0 Å². The first-order valence-electron chi connectivity index (χ1n) is 7.18. The van der Waals surface area contributed by atoms with Crippen LogP contribution in [0.1, 0.15) is 26.4 Å². The number of carbonyl (C=O) groups excluding carboxylic acids is 2. The number of benzene rings is 1. The Morgan fingerprint density at radius 1 is 1.17 bits per heavy atom. The molecule has 1 aromatic heterocycles. The van der Waals surface area contributed by atoms with E-state index in [4.69, 9.17) is 0 Å². The number of carbonyl (C=O) groups is 2. The summed E-state index contributed by atoms with van der Waals surface area (Å²) < 4.78 is 0. The van der Waals surface area contributed by atoms with Gasteiger partial charge in [0.1, 0.15) is 0 Å². The molecule has 0 radical (unpaired) electrons. The summed E-state index contributed by atoms with van der Waals surface area (Å²) in [5, 5.41) is 15.7. The highest BCUT2D eigenvalue weighted by atomic mass is 32.1. The monoisotopic (exact) mass is 347 g/mol. The molecule has 0 bridgehead atoms. The highest BCUT2D eigenvalue weighted by Gasteiger charge is 2.16. The van der Waals surface area contributed by atoms with Crippen LogP contribution in [0.25, 0.3) is 0 Å². The number of hydrogen-bond acceptors (Lipinski definition) is 5. The van der Waals surface area contributed by atoms with Gasteiger partial charge < -0.3 is 10.6 Å². The van der Waals surface area contributed by atoms with Gasteiger partial charge in [-0.3, -0.25) is 19.7 Å². The molecule has 2 rings (SSSR count). The second kappa shape index (κ2) is 7.22. The fraction of sp³-hybridized carbons (Fsp3) is 0.250. The van der Waals surface area contributed by atoms with Crippen LogP contribution in [0.5, 0.6) is 0 Å². The van der Waals surface area contributed by atoms with E-state index < -0.39 is 10.8 Å². The van der Waals surface area contributed by atoms with E-state index in [1.165, 1.54) is 12.1 Å². The molecule has 0 atom stereocenters. The third kappa shape index (κ3) is 4.17. The first-order chi connectivity index (χ1) is 11.3. The lowest BCUT2D eigenvalue weighted by atomic mass is 10.1. The van der Waals surface area contributed by atoms with E-state index in [1.807, 2.05) is 32.9 Å². The Balaban J connectivity index is 1.95. The Labute approximate surface area is 142 Å². The second-order valence-corrected chi connectivity index (χ2v) is 6.46. The van der Waals surface area contributed by atoms with Gasteiger partial charge in [-0.2, -0.15) is 0 Å². The molecular weight excluding hydrogens is 330 g/mol. The normalized spacial score (nSPS) is 10.3. The molecule has 0 spiro atoms. The van der Waals surface area contributed by atoms with Crippen molar-refractivity contribution in [1.82, 2.24) is 5.32 Å². The first-order valence-corrected chi connectivity index (χ1v) is 7.99. The van der Waals surface area contributed by atoms with Gasteiger partial charge in [0.15, 0.2) is 0 Å². The molecule has 8 heteroatoms. The molecule has 24 heavy (non-hydrogen) atoms. The fourth-order valence-electron chi connectivity index (χ4n) is 2.36. The lowest BCUT2D eigenvalue weighted by Gasteiger charge is -2.13. The Morgan fingerprint density at radius 3 is 2.33 bits per heavy atom. The van der Waals surface area contributed by atoms with Crippen LogP contribution >= 0.6 is 11.3 Å². The third-order valence-electron chi connectivity index (χ3n) is 3.35. The maximum Gasteiger partial charge on any atom is 0.324 e. The maximum absolute atomic E-state index is 12.0. The lowest BCUT2D eigenvalue weighted by Crippen LogP contribution is -2.32. The van der Waals surface area contributed by atoms with Crippen molar-refractivity contribution in [2.24, 2.45) is 0 Å². The summed E-state index contributed by atoms with van der Waals surface area (Å²) in [5.74, 6) is -0.870. The molecule has 7 nitrogen and oxygen atoms in total. The summed E-state index contributed by atoms with van der Waals surface area (Å²) in [7, 11) is 0. The predicted molar refractivity (Wildman–Crippen MR) is 92.6 cm³/mol. The molecule has 0 aliphatic heterocycles. The summed E-state index contributed by atoms with van der Waals surface area (Å²) in [5.41, 5.74) is 3.73. The van der Waals surface area contributed by atoms with Gasteiger partial charge in [-0.05, 0) is 38.0 Å². The molecular formula is C16H17N3O4S. The van der Waals surface area contributed by atoms with E-state index in [0.717, 1.165) is 33.7 Å². The van der Waals surface area contributed by atoms with Gasteiger partial charge in [0.05, 0.1) is 16.3 Å². The second-order valence-electron chi connectivity index (χ2n) is 5.40. The Hall–Kier alpha value is -2.74. The van der Waals surface area contributed by atoms with E-state index in [2.05, 4.69) is 10.6 Å². The van der Waals surface area contributed by atoms with Crippen molar-refractivity contribution in [2.75, 3.05) is 11.9 Å². The summed E-state index contributed by atoms with van der Waals surface area (Å²) in [6.45, 7) is 5.57. The van der Waals surface area contributed by atoms with E-state index in [-0.39, 0.29) is 22.3 Å². The zero-order chi connectivity index (χ0) is 17.9. The number of anilines is 1. The van der Waals surface area contributed by atoms with Crippen LogP contribution in [-0.2, 0) is 4.79 Å². The van der Waals surface area contributed by atoms with Crippen molar-refractivity contribution < 1.29 is 14.5 Å². The average molecular weight is 347 g/mol. The maximum atomic E-state index is 12.0. The quantitative estimate of drug-likeness (QED) is 0.641. The molecule has 0 aliphatic rings. The highest BCUT2D eigenvalue weighted by molar-refractivity contribution is 7.17. The third-order valence-corrected chi connectivity index (χ3v) is 4.38. The summed E-state index contributed by atoms with van der Waals surface area (Å²) in [4.78, 5) is 34.2. The summed E-state index contributed by atoms with van der Waals surface area (Å²) in [6, 6.07) is 6.56. The minimum Gasteiger partial charge on any atom is -0.342 e. The zero-order valence-electron chi connectivity index (χ0n) is 13.5. The topological polar surface area (TPSA) is 101 Å². The number of hydrogen-bond donors (Lipinski definition) is 2. The van der Waals surface area contributed by atoms with Crippen LogP contribution in [0.2, 0.25) is 0 Å². The van der Waals surface area contributed by atoms with Gasteiger partial charge in [0.2, 0.25) is 5.91 Å². The molecule has 2 aromatic rings. The van der Waals surface area contributed by atoms with Crippen LogP contribution in [0.15, 0.2) is 24.3 Å². The van der Waals surface area contributed by atoms with Crippen LogP contribution in [0.4, 0.5) is 10.7 Å². The Morgan fingerprint density at radius 2 is 1.79 bits per heavy atom. The molecule has 0 aliphatic carbocycles. The predicted octanol–water partition coefficient (Wildman–Crippen LogP) is 2.95.